The van der Waals surface area contributed by atoms with Crippen molar-refractivity contribution in [3.63, 3.8) is 0 Å². The lowest BCUT2D eigenvalue weighted by molar-refractivity contribution is 0.174. The summed E-state index contributed by atoms with van der Waals surface area (Å²) in [5, 5.41) is 11.0. The van der Waals surface area contributed by atoms with Crippen molar-refractivity contribution in [3.8, 4) is 17.4 Å². The summed E-state index contributed by atoms with van der Waals surface area (Å²) in [5.41, 5.74) is 3.30. The zero-order valence-electron chi connectivity index (χ0n) is 14.3. The molecule has 2 N–H and O–H groups in total. The van der Waals surface area contributed by atoms with E-state index in [0.29, 0.717) is 17.8 Å². The van der Waals surface area contributed by atoms with Gasteiger partial charge >= 0.3 is 4.87 Å². The molecule has 0 fully saturated rings. The van der Waals surface area contributed by atoms with E-state index in [-0.39, 0.29) is 17.5 Å². The highest BCUT2D eigenvalue weighted by molar-refractivity contribution is 7.09. The van der Waals surface area contributed by atoms with Gasteiger partial charge in [-0.1, -0.05) is 29.5 Å². The van der Waals surface area contributed by atoms with Crippen molar-refractivity contribution in [3.05, 3.63) is 74.3 Å². The molecule has 2 aromatic heterocycles. The lowest BCUT2D eigenvalue weighted by Gasteiger charge is -2.08. The number of nitrogens with one attached hydrogen (secondary N) is 1. The molecular formula is C20H16N2O4S. The molecule has 0 saturated carbocycles. The van der Waals surface area contributed by atoms with Gasteiger partial charge in [-0.05, 0) is 35.4 Å². The Morgan fingerprint density at radius 3 is 2.89 bits per heavy atom. The molecule has 0 spiro atoms. The molecule has 27 heavy (non-hydrogen) atoms. The lowest BCUT2D eigenvalue weighted by atomic mass is 10.1. The van der Waals surface area contributed by atoms with Crippen LogP contribution in [-0.2, 0) is 13.0 Å². The molecule has 6 nitrogen and oxygen atoms in total. The average molecular weight is 380 g/mol. The van der Waals surface area contributed by atoms with Crippen molar-refractivity contribution >= 4 is 22.2 Å². The lowest BCUT2D eigenvalue weighted by Crippen LogP contribution is -1.98. The number of fused-ring (bicyclic) bond motifs is 2. The minimum Gasteiger partial charge on any atom is -0.494 e. The molecular weight excluding hydrogens is 364 g/mol. The molecule has 1 aliphatic heterocycles. The van der Waals surface area contributed by atoms with Crippen molar-refractivity contribution in [2.45, 2.75) is 13.0 Å². The molecule has 0 bridgehead atoms. The largest absolute Gasteiger partial charge is 0.494 e. The number of ether oxygens (including phenoxy) is 2. The number of hydrogen-bond donors (Lipinski definition) is 2. The van der Waals surface area contributed by atoms with Crippen LogP contribution in [0.5, 0.6) is 17.4 Å². The van der Waals surface area contributed by atoms with Crippen LogP contribution in [0, 0.1) is 0 Å². The Balaban J connectivity index is 1.48. The van der Waals surface area contributed by atoms with Crippen molar-refractivity contribution in [1.29, 1.82) is 0 Å². The van der Waals surface area contributed by atoms with E-state index >= 15 is 0 Å². The molecule has 2 aromatic carbocycles. The highest BCUT2D eigenvalue weighted by atomic mass is 32.1. The van der Waals surface area contributed by atoms with Gasteiger partial charge in [0.15, 0.2) is 11.5 Å². The van der Waals surface area contributed by atoms with E-state index in [4.69, 9.17) is 9.47 Å². The van der Waals surface area contributed by atoms with Crippen LogP contribution in [0.1, 0.15) is 16.0 Å². The summed E-state index contributed by atoms with van der Waals surface area (Å²) in [7, 11) is 0. The van der Waals surface area contributed by atoms with Gasteiger partial charge in [-0.15, -0.1) is 0 Å². The summed E-state index contributed by atoms with van der Waals surface area (Å²) in [4.78, 5) is 14.3. The highest BCUT2D eigenvalue weighted by Gasteiger charge is 2.15. The summed E-state index contributed by atoms with van der Waals surface area (Å²) in [6.45, 7) is 0.985. The van der Waals surface area contributed by atoms with Gasteiger partial charge in [0.2, 0.25) is 12.7 Å². The highest BCUT2D eigenvalue weighted by Crippen LogP contribution is 2.33. The first-order valence-corrected chi connectivity index (χ1v) is 9.35. The fourth-order valence-corrected chi connectivity index (χ4v) is 4.21. The molecule has 0 saturated heterocycles. The molecule has 0 aliphatic carbocycles. The normalized spacial score (nSPS) is 12.7. The number of aromatic hydroxyl groups is 1. The molecule has 1 aliphatic rings. The number of H-pyrrole nitrogens is 1. The predicted molar refractivity (Wildman–Crippen MR) is 103 cm³/mol. The van der Waals surface area contributed by atoms with Crippen LogP contribution < -0.4 is 14.3 Å². The van der Waals surface area contributed by atoms with Crippen molar-refractivity contribution < 1.29 is 14.6 Å². The van der Waals surface area contributed by atoms with Crippen LogP contribution in [0.25, 0.3) is 10.9 Å². The summed E-state index contributed by atoms with van der Waals surface area (Å²) in [5.74, 6) is 1.52. The van der Waals surface area contributed by atoms with Crippen molar-refractivity contribution in [2.75, 3.05) is 6.79 Å². The van der Waals surface area contributed by atoms with Crippen LogP contribution in [0.3, 0.4) is 0 Å². The third-order valence-electron chi connectivity index (χ3n) is 4.75. The van der Waals surface area contributed by atoms with E-state index in [1.807, 2.05) is 30.3 Å². The zero-order valence-corrected chi connectivity index (χ0v) is 15.1. The van der Waals surface area contributed by atoms with Gasteiger partial charge < -0.3 is 19.1 Å². The van der Waals surface area contributed by atoms with E-state index in [9.17, 15) is 9.90 Å². The molecule has 0 radical (unpaired) electrons. The number of nitrogens with zero attached hydrogens (tertiary/aromatic N) is 1. The second-order valence-corrected chi connectivity index (χ2v) is 7.51. The van der Waals surface area contributed by atoms with Crippen molar-refractivity contribution in [2.24, 2.45) is 0 Å². The summed E-state index contributed by atoms with van der Waals surface area (Å²) >= 11 is 1.04. The molecule has 0 atom stereocenters. The van der Waals surface area contributed by atoms with E-state index in [2.05, 4.69) is 27.9 Å². The molecule has 0 amide bonds. The van der Waals surface area contributed by atoms with Gasteiger partial charge in [-0.3, -0.25) is 9.78 Å². The second-order valence-electron chi connectivity index (χ2n) is 6.44. The summed E-state index contributed by atoms with van der Waals surface area (Å²) in [6, 6.07) is 14.2. The van der Waals surface area contributed by atoms with Crippen molar-refractivity contribution in [1.82, 2.24) is 9.55 Å². The fraction of sp³-hybridized carbons (Fsp3) is 0.150. The molecule has 4 aromatic rings. The van der Waals surface area contributed by atoms with Gasteiger partial charge in [-0.25, -0.2) is 0 Å². The number of rotatable bonds is 4. The molecule has 5 rings (SSSR count). The SMILES string of the molecule is O=c1[nH]c(O)c(Cc2cccc3c2ccn3Cc2ccc3c(c2)OCO3)s1. The summed E-state index contributed by atoms with van der Waals surface area (Å²) < 4.78 is 13.0. The Bertz CT molecular complexity index is 1200. The number of aromatic nitrogens is 2. The average Bonchev–Trinajstić information content (AvgIpc) is 3.35. The molecule has 0 unspecified atom stereocenters. The van der Waals surface area contributed by atoms with Gasteiger partial charge in [0.1, 0.15) is 0 Å². The van der Waals surface area contributed by atoms with E-state index in [0.717, 1.165) is 44.9 Å². The second kappa shape index (κ2) is 6.21. The number of thiazole rings is 1. The number of hydrogen-bond acceptors (Lipinski definition) is 5. The Kier molecular flexibility index (Phi) is 3.68. The summed E-state index contributed by atoms with van der Waals surface area (Å²) in [6.07, 6.45) is 2.57. The van der Waals surface area contributed by atoms with Crippen LogP contribution in [0.4, 0.5) is 0 Å². The van der Waals surface area contributed by atoms with Gasteiger partial charge in [0.25, 0.3) is 0 Å². The smallest absolute Gasteiger partial charge is 0.307 e. The van der Waals surface area contributed by atoms with E-state index in [1.54, 1.807) is 0 Å². The first kappa shape index (κ1) is 16.0. The zero-order chi connectivity index (χ0) is 18.4. The molecule has 7 heteroatoms. The van der Waals surface area contributed by atoms with E-state index < -0.39 is 0 Å². The van der Waals surface area contributed by atoms with Crippen LogP contribution >= 0.6 is 11.3 Å². The van der Waals surface area contributed by atoms with Gasteiger partial charge in [0, 0.05) is 30.1 Å². The quantitative estimate of drug-likeness (QED) is 0.568. The van der Waals surface area contributed by atoms with Gasteiger partial charge in [0.05, 0.1) is 4.88 Å². The maximum Gasteiger partial charge on any atom is 0.307 e. The molecule has 136 valence electrons. The predicted octanol–water partition coefficient (Wildman–Crippen LogP) is 3.46. The first-order valence-electron chi connectivity index (χ1n) is 8.53. The van der Waals surface area contributed by atoms with Gasteiger partial charge in [-0.2, -0.15) is 0 Å². The Morgan fingerprint density at radius 2 is 2.04 bits per heavy atom. The van der Waals surface area contributed by atoms with Crippen LogP contribution in [0.2, 0.25) is 0 Å². The van der Waals surface area contributed by atoms with Crippen LogP contribution in [-0.4, -0.2) is 21.5 Å². The standard InChI is InChI=1S/C20H16N2O4S/c23-19-18(27-20(24)21-19)9-13-2-1-3-15-14(13)6-7-22(15)10-12-4-5-16-17(8-12)26-11-25-16/h1-8,23H,9-11H2,(H,21,24). The number of aromatic amines is 1. The third-order valence-corrected chi connectivity index (χ3v) is 5.62. The topological polar surface area (TPSA) is 76.5 Å². The monoisotopic (exact) mass is 380 g/mol. The first-order chi connectivity index (χ1) is 13.2. The maximum atomic E-state index is 11.4. The fourth-order valence-electron chi connectivity index (χ4n) is 3.46. The minimum absolute atomic E-state index is 0.0400. The Hall–Kier alpha value is -3.19. The molecule has 3 heterocycles. The van der Waals surface area contributed by atoms with E-state index in [1.165, 1.54) is 0 Å². The van der Waals surface area contributed by atoms with Crippen LogP contribution in [0.15, 0.2) is 53.5 Å². The minimum atomic E-state index is -0.241. The Labute approximate surface area is 158 Å². The number of benzene rings is 2. The Morgan fingerprint density at radius 1 is 1.15 bits per heavy atom. The maximum absolute atomic E-state index is 11.4. The third kappa shape index (κ3) is 2.86.